The molecule has 0 heterocycles. The molecule has 0 aliphatic rings. The summed E-state index contributed by atoms with van der Waals surface area (Å²) >= 11 is 3.15. The Bertz CT molecular complexity index is 584. The molecule has 19 heavy (non-hydrogen) atoms. The fourth-order valence-corrected chi connectivity index (χ4v) is 2.43. The van der Waals surface area contributed by atoms with Crippen LogP contribution in [-0.4, -0.2) is 0 Å². The van der Waals surface area contributed by atoms with Gasteiger partial charge in [-0.05, 0) is 29.8 Å². The molecule has 0 aliphatic carbocycles. The molecule has 2 aromatic rings. The van der Waals surface area contributed by atoms with Crippen molar-refractivity contribution in [1.29, 1.82) is 0 Å². The number of halogens is 4. The molecule has 0 aromatic heterocycles. The Morgan fingerprint density at radius 1 is 1.05 bits per heavy atom. The highest BCUT2D eigenvalue weighted by Crippen LogP contribution is 2.31. The lowest BCUT2D eigenvalue weighted by Crippen LogP contribution is -2.30. The van der Waals surface area contributed by atoms with E-state index in [0.29, 0.717) is 10.0 Å². The molecule has 0 spiro atoms. The van der Waals surface area contributed by atoms with Gasteiger partial charge in [0, 0.05) is 10.0 Å². The Balaban J connectivity index is 2.56. The summed E-state index contributed by atoms with van der Waals surface area (Å²) in [6.45, 7) is 0. The first kappa shape index (κ1) is 14.0. The van der Waals surface area contributed by atoms with Gasteiger partial charge in [-0.2, -0.15) is 0 Å². The van der Waals surface area contributed by atoms with Crippen molar-refractivity contribution in [2.75, 3.05) is 0 Å². The Labute approximate surface area is 116 Å². The van der Waals surface area contributed by atoms with Crippen LogP contribution < -0.4 is 11.3 Å². The SMILES string of the molecule is NNC(c1ccc(F)cc1Br)c1c(F)cccc1F. The molecule has 0 saturated heterocycles. The highest BCUT2D eigenvalue weighted by molar-refractivity contribution is 9.10. The summed E-state index contributed by atoms with van der Waals surface area (Å²) in [5.74, 6) is 3.48. The highest BCUT2D eigenvalue weighted by atomic mass is 79.9. The number of nitrogens with two attached hydrogens (primary N) is 1. The molecule has 1 unspecified atom stereocenters. The second-order valence-electron chi connectivity index (χ2n) is 3.90. The van der Waals surface area contributed by atoms with Gasteiger partial charge in [0.25, 0.3) is 0 Å². The molecule has 0 radical (unpaired) electrons. The fourth-order valence-electron chi connectivity index (χ4n) is 1.85. The predicted molar refractivity (Wildman–Crippen MR) is 69.6 cm³/mol. The first-order chi connectivity index (χ1) is 9.04. The van der Waals surface area contributed by atoms with Crippen LogP contribution in [0.25, 0.3) is 0 Å². The van der Waals surface area contributed by atoms with E-state index in [2.05, 4.69) is 21.4 Å². The van der Waals surface area contributed by atoms with Crippen LogP contribution in [0.5, 0.6) is 0 Å². The first-order valence-electron chi connectivity index (χ1n) is 5.39. The number of benzene rings is 2. The second kappa shape index (κ2) is 5.73. The number of hydrogen-bond donors (Lipinski definition) is 2. The third-order valence-corrected chi connectivity index (χ3v) is 3.42. The lowest BCUT2D eigenvalue weighted by Gasteiger charge is -2.19. The van der Waals surface area contributed by atoms with E-state index in [1.807, 2.05) is 0 Å². The van der Waals surface area contributed by atoms with Crippen LogP contribution in [0.2, 0.25) is 0 Å². The molecule has 0 aliphatic heterocycles. The minimum Gasteiger partial charge on any atom is -0.271 e. The monoisotopic (exact) mass is 330 g/mol. The van der Waals surface area contributed by atoms with E-state index in [9.17, 15) is 13.2 Å². The quantitative estimate of drug-likeness (QED) is 0.668. The molecule has 2 nitrogen and oxygen atoms in total. The lowest BCUT2D eigenvalue weighted by molar-refractivity contribution is 0.509. The summed E-state index contributed by atoms with van der Waals surface area (Å²) < 4.78 is 40.9. The summed E-state index contributed by atoms with van der Waals surface area (Å²) in [4.78, 5) is 0. The molecule has 1 atom stereocenters. The van der Waals surface area contributed by atoms with Gasteiger partial charge in [0.15, 0.2) is 0 Å². The normalized spacial score (nSPS) is 12.5. The summed E-state index contributed by atoms with van der Waals surface area (Å²) in [5.41, 5.74) is 2.57. The molecule has 0 fully saturated rings. The topological polar surface area (TPSA) is 38.0 Å². The van der Waals surface area contributed by atoms with E-state index in [1.54, 1.807) is 0 Å². The second-order valence-corrected chi connectivity index (χ2v) is 4.76. The Hall–Kier alpha value is -1.37. The van der Waals surface area contributed by atoms with Gasteiger partial charge in [-0.15, -0.1) is 0 Å². The summed E-state index contributed by atoms with van der Waals surface area (Å²) in [6.07, 6.45) is 0. The van der Waals surface area contributed by atoms with Crippen molar-refractivity contribution in [2.45, 2.75) is 6.04 Å². The molecule has 6 heteroatoms. The van der Waals surface area contributed by atoms with Crippen molar-refractivity contribution in [3.63, 3.8) is 0 Å². The van der Waals surface area contributed by atoms with Gasteiger partial charge in [0.1, 0.15) is 17.5 Å². The molecule has 3 N–H and O–H groups in total. The van der Waals surface area contributed by atoms with Crippen molar-refractivity contribution >= 4 is 15.9 Å². The van der Waals surface area contributed by atoms with Crippen LogP contribution in [0.4, 0.5) is 13.2 Å². The highest BCUT2D eigenvalue weighted by Gasteiger charge is 2.22. The maximum Gasteiger partial charge on any atom is 0.131 e. The zero-order valence-corrected chi connectivity index (χ0v) is 11.2. The van der Waals surface area contributed by atoms with Crippen LogP contribution in [0.1, 0.15) is 17.2 Å². The zero-order chi connectivity index (χ0) is 14.0. The number of hydrogen-bond acceptors (Lipinski definition) is 2. The van der Waals surface area contributed by atoms with Crippen molar-refractivity contribution in [3.05, 3.63) is 69.4 Å². The van der Waals surface area contributed by atoms with Crippen molar-refractivity contribution in [3.8, 4) is 0 Å². The number of rotatable bonds is 3. The van der Waals surface area contributed by atoms with Crippen LogP contribution in [0.3, 0.4) is 0 Å². The number of nitrogens with one attached hydrogen (secondary N) is 1. The van der Waals surface area contributed by atoms with Crippen molar-refractivity contribution in [2.24, 2.45) is 5.84 Å². The van der Waals surface area contributed by atoms with Crippen molar-refractivity contribution in [1.82, 2.24) is 5.43 Å². The summed E-state index contributed by atoms with van der Waals surface area (Å²) in [6, 6.07) is 6.44. The van der Waals surface area contributed by atoms with Gasteiger partial charge in [-0.1, -0.05) is 28.1 Å². The molecule has 0 bridgehead atoms. The van der Waals surface area contributed by atoms with Crippen LogP contribution in [0, 0.1) is 17.5 Å². The van der Waals surface area contributed by atoms with E-state index in [1.165, 1.54) is 24.3 Å². The maximum absolute atomic E-state index is 13.8. The van der Waals surface area contributed by atoms with Gasteiger partial charge in [-0.3, -0.25) is 5.84 Å². The van der Waals surface area contributed by atoms with Gasteiger partial charge >= 0.3 is 0 Å². The smallest absolute Gasteiger partial charge is 0.131 e. The summed E-state index contributed by atoms with van der Waals surface area (Å²) in [5, 5.41) is 0. The average molecular weight is 331 g/mol. The zero-order valence-electron chi connectivity index (χ0n) is 9.63. The fraction of sp³-hybridized carbons (Fsp3) is 0.0769. The summed E-state index contributed by atoms with van der Waals surface area (Å²) in [7, 11) is 0. The van der Waals surface area contributed by atoms with Crippen LogP contribution in [-0.2, 0) is 0 Å². The van der Waals surface area contributed by atoms with Gasteiger partial charge in [0.2, 0.25) is 0 Å². The Morgan fingerprint density at radius 2 is 1.68 bits per heavy atom. The molecular weight excluding hydrogens is 321 g/mol. The Kier molecular flexibility index (Phi) is 4.24. The first-order valence-corrected chi connectivity index (χ1v) is 6.19. The maximum atomic E-state index is 13.8. The van der Waals surface area contributed by atoms with Crippen LogP contribution in [0.15, 0.2) is 40.9 Å². The Morgan fingerprint density at radius 3 is 2.21 bits per heavy atom. The van der Waals surface area contributed by atoms with E-state index in [4.69, 9.17) is 5.84 Å². The van der Waals surface area contributed by atoms with Gasteiger partial charge < -0.3 is 0 Å². The van der Waals surface area contributed by atoms with Gasteiger partial charge in [-0.25, -0.2) is 18.6 Å². The molecular formula is C13H10BrF3N2. The van der Waals surface area contributed by atoms with E-state index >= 15 is 0 Å². The lowest BCUT2D eigenvalue weighted by atomic mass is 9.98. The van der Waals surface area contributed by atoms with Crippen LogP contribution >= 0.6 is 15.9 Å². The third-order valence-electron chi connectivity index (χ3n) is 2.73. The number of hydrazine groups is 1. The molecule has 2 rings (SSSR count). The third kappa shape index (κ3) is 2.80. The molecule has 2 aromatic carbocycles. The van der Waals surface area contributed by atoms with Gasteiger partial charge in [0.05, 0.1) is 6.04 Å². The minimum atomic E-state index is -0.920. The average Bonchev–Trinajstić information content (AvgIpc) is 2.35. The van der Waals surface area contributed by atoms with E-state index < -0.39 is 23.5 Å². The molecule has 0 saturated carbocycles. The minimum absolute atomic E-state index is 0.211. The van der Waals surface area contributed by atoms with E-state index in [0.717, 1.165) is 12.1 Å². The molecule has 100 valence electrons. The van der Waals surface area contributed by atoms with E-state index in [-0.39, 0.29) is 5.56 Å². The largest absolute Gasteiger partial charge is 0.271 e. The predicted octanol–water partition coefficient (Wildman–Crippen LogP) is 3.42. The standard InChI is InChI=1S/C13H10BrF3N2/c14-9-6-7(15)4-5-8(9)13(19-18)12-10(16)2-1-3-11(12)17/h1-6,13,19H,18H2. The van der Waals surface area contributed by atoms with Crippen molar-refractivity contribution < 1.29 is 13.2 Å². The molecule has 0 amide bonds.